The first-order valence-electron chi connectivity index (χ1n) is 13.2. The van der Waals surface area contributed by atoms with Gasteiger partial charge in [-0.3, -0.25) is 0 Å². The molecule has 3 rings (SSSR count). The lowest BCUT2D eigenvalue weighted by atomic mass is 9.90. The summed E-state index contributed by atoms with van der Waals surface area (Å²) in [7, 11) is 0. The lowest BCUT2D eigenvalue weighted by Gasteiger charge is -2.31. The molecule has 0 spiro atoms. The Balaban J connectivity index is 1.93. The molecule has 2 aromatic carbocycles. The van der Waals surface area contributed by atoms with Gasteiger partial charge in [-0.25, -0.2) is 9.59 Å². The zero-order valence-corrected chi connectivity index (χ0v) is 23.0. The van der Waals surface area contributed by atoms with Crippen LogP contribution in [-0.2, 0) is 25.6 Å². The molecule has 9 nitrogen and oxygen atoms in total. The molecule has 0 aliphatic carbocycles. The number of carbonyl (C=O) groups is 2. The number of para-hydroxylation sites is 1. The first-order chi connectivity index (χ1) is 18.8. The molecule has 1 heterocycles. The molecule has 0 amide bonds. The molecule has 9 heteroatoms. The van der Waals surface area contributed by atoms with Crippen LogP contribution in [0.3, 0.4) is 0 Å². The number of hydrogen-bond acceptors (Lipinski definition) is 9. The van der Waals surface area contributed by atoms with Gasteiger partial charge >= 0.3 is 12.3 Å². The molecule has 1 unspecified atom stereocenters. The van der Waals surface area contributed by atoms with Crippen LogP contribution < -0.4 is 15.8 Å². The summed E-state index contributed by atoms with van der Waals surface area (Å²) in [6, 6.07) is 17.1. The summed E-state index contributed by atoms with van der Waals surface area (Å²) in [5.41, 5.74) is 8.30. The van der Waals surface area contributed by atoms with E-state index in [1.165, 1.54) is 0 Å². The van der Waals surface area contributed by atoms with Crippen LogP contribution in [-0.4, -0.2) is 31.6 Å². The summed E-state index contributed by atoms with van der Waals surface area (Å²) in [5, 5.41) is 3.14. The first kappa shape index (κ1) is 29.6. The van der Waals surface area contributed by atoms with Crippen LogP contribution in [0, 0.1) is 0 Å². The molecule has 39 heavy (non-hydrogen) atoms. The van der Waals surface area contributed by atoms with Crippen LogP contribution in [0.2, 0.25) is 0 Å². The Kier molecular flexibility index (Phi) is 11.2. The van der Waals surface area contributed by atoms with Crippen molar-refractivity contribution in [1.82, 2.24) is 5.32 Å². The number of allylic oxidation sites excluding steroid dienone is 2. The number of nitrogens with one attached hydrogen (secondary N) is 1. The topological polar surface area (TPSA) is 118 Å². The largest absolute Gasteiger partial charge is 0.513 e. The number of rotatable bonds is 12. The molecule has 0 fully saturated rings. The van der Waals surface area contributed by atoms with Crippen molar-refractivity contribution in [3.05, 3.63) is 88.6 Å². The normalized spacial score (nSPS) is 15.1. The number of unbranched alkanes of at least 4 members (excludes halogenated alkanes) is 2. The number of nitrogens with two attached hydrogens (primary N) is 1. The Morgan fingerprint density at radius 2 is 1.51 bits per heavy atom. The van der Waals surface area contributed by atoms with Crippen molar-refractivity contribution in [2.45, 2.75) is 65.6 Å². The SMILES string of the molecule is CC1=C(OC(=O)OCCCCCN)C(c2ccccc2OCc2ccccc2)C(OC(=O)OC(C)C)=C(C)N1. The highest BCUT2D eigenvalue weighted by atomic mass is 16.7. The molecule has 3 N–H and O–H groups in total. The Morgan fingerprint density at radius 3 is 2.18 bits per heavy atom. The molecule has 1 aliphatic rings. The molecule has 1 aliphatic heterocycles. The molecule has 2 aromatic rings. The number of dihydropyridines is 1. The smallest absolute Gasteiger partial charge is 0.489 e. The van der Waals surface area contributed by atoms with Crippen LogP contribution in [0.5, 0.6) is 5.75 Å². The van der Waals surface area contributed by atoms with Crippen molar-refractivity contribution < 1.29 is 33.3 Å². The zero-order valence-electron chi connectivity index (χ0n) is 23.0. The predicted octanol–water partition coefficient (Wildman–Crippen LogP) is 6.26. The van der Waals surface area contributed by atoms with Gasteiger partial charge in [-0.2, -0.15) is 0 Å². The van der Waals surface area contributed by atoms with E-state index in [0.29, 0.717) is 42.3 Å². The average molecular weight is 539 g/mol. The second kappa shape index (κ2) is 14.8. The van der Waals surface area contributed by atoms with Crippen LogP contribution in [0.4, 0.5) is 9.59 Å². The number of ether oxygens (including phenoxy) is 5. The van der Waals surface area contributed by atoms with Crippen molar-refractivity contribution in [1.29, 1.82) is 0 Å². The van der Waals surface area contributed by atoms with Gasteiger partial charge in [0, 0.05) is 5.56 Å². The van der Waals surface area contributed by atoms with Crippen LogP contribution >= 0.6 is 0 Å². The zero-order chi connectivity index (χ0) is 28.2. The van der Waals surface area contributed by atoms with Crippen molar-refractivity contribution >= 4 is 12.3 Å². The summed E-state index contributed by atoms with van der Waals surface area (Å²) >= 11 is 0. The summed E-state index contributed by atoms with van der Waals surface area (Å²) in [5.74, 6) is 0.217. The summed E-state index contributed by atoms with van der Waals surface area (Å²) in [4.78, 5) is 25.3. The van der Waals surface area contributed by atoms with E-state index >= 15 is 0 Å². The number of hydrogen-bond donors (Lipinski definition) is 2. The van der Waals surface area contributed by atoms with Gasteiger partial charge in [-0.1, -0.05) is 48.5 Å². The van der Waals surface area contributed by atoms with E-state index in [4.69, 9.17) is 29.4 Å². The fraction of sp³-hybridized carbons (Fsp3) is 0.400. The Labute approximate surface area is 229 Å². The van der Waals surface area contributed by atoms with E-state index < -0.39 is 18.2 Å². The third kappa shape index (κ3) is 8.78. The van der Waals surface area contributed by atoms with Gasteiger partial charge in [0.25, 0.3) is 0 Å². The molecule has 1 atom stereocenters. The van der Waals surface area contributed by atoms with Crippen LogP contribution in [0.15, 0.2) is 77.5 Å². The van der Waals surface area contributed by atoms with E-state index in [1.54, 1.807) is 27.7 Å². The van der Waals surface area contributed by atoms with Gasteiger partial charge in [-0.05, 0) is 65.1 Å². The van der Waals surface area contributed by atoms with Crippen molar-refractivity contribution in [3.8, 4) is 5.75 Å². The maximum Gasteiger partial charge on any atom is 0.513 e. The average Bonchev–Trinajstić information content (AvgIpc) is 2.90. The second-order valence-corrected chi connectivity index (χ2v) is 9.42. The maximum atomic E-state index is 12.7. The minimum atomic E-state index is -0.866. The molecule has 0 saturated carbocycles. The predicted molar refractivity (Wildman–Crippen MR) is 147 cm³/mol. The highest BCUT2D eigenvalue weighted by molar-refractivity contribution is 5.65. The Hall–Kier alpha value is -3.98. The van der Waals surface area contributed by atoms with Gasteiger partial charge < -0.3 is 34.7 Å². The summed E-state index contributed by atoms with van der Waals surface area (Å²) in [6.07, 6.45) is 0.282. The van der Waals surface area contributed by atoms with Crippen LogP contribution in [0.1, 0.15) is 64.0 Å². The van der Waals surface area contributed by atoms with Crippen molar-refractivity contribution in [2.75, 3.05) is 13.2 Å². The molecule has 0 saturated heterocycles. The molecular formula is C30H38N2O7. The van der Waals surface area contributed by atoms with Gasteiger partial charge in [-0.15, -0.1) is 0 Å². The van der Waals surface area contributed by atoms with E-state index in [2.05, 4.69) is 5.32 Å². The fourth-order valence-corrected chi connectivity index (χ4v) is 4.10. The number of benzene rings is 2. The Morgan fingerprint density at radius 1 is 0.872 bits per heavy atom. The molecular weight excluding hydrogens is 500 g/mol. The van der Waals surface area contributed by atoms with E-state index in [0.717, 1.165) is 18.4 Å². The molecule has 0 aromatic heterocycles. The lowest BCUT2D eigenvalue weighted by Crippen LogP contribution is -2.30. The van der Waals surface area contributed by atoms with Crippen LogP contribution in [0.25, 0.3) is 0 Å². The van der Waals surface area contributed by atoms with Gasteiger partial charge in [0.2, 0.25) is 0 Å². The van der Waals surface area contributed by atoms with Crippen molar-refractivity contribution in [3.63, 3.8) is 0 Å². The molecule has 0 radical (unpaired) electrons. The van der Waals surface area contributed by atoms with E-state index in [9.17, 15) is 9.59 Å². The third-order valence-electron chi connectivity index (χ3n) is 5.89. The first-order valence-corrected chi connectivity index (χ1v) is 13.2. The minimum absolute atomic E-state index is 0.207. The van der Waals surface area contributed by atoms with Gasteiger partial charge in [0.05, 0.1) is 24.1 Å². The van der Waals surface area contributed by atoms with Gasteiger partial charge in [0.1, 0.15) is 29.8 Å². The van der Waals surface area contributed by atoms with Crippen molar-refractivity contribution in [2.24, 2.45) is 5.73 Å². The maximum absolute atomic E-state index is 12.7. The standard InChI is InChI=1S/C30H38N2O7/c1-20(2)37-30(34)39-28-22(4)32-21(3)27(38-29(33)35-18-12-6-11-17-31)26(28)24-15-9-10-16-25(24)36-19-23-13-7-5-8-14-23/h5,7-10,13-16,20,26,32H,6,11-12,17-19,31H2,1-4H3. The quantitative estimate of drug-likeness (QED) is 0.238. The molecule has 0 bridgehead atoms. The highest BCUT2D eigenvalue weighted by Crippen LogP contribution is 2.43. The van der Waals surface area contributed by atoms with E-state index in [1.807, 2.05) is 54.6 Å². The molecule has 210 valence electrons. The number of carbonyl (C=O) groups excluding carboxylic acids is 2. The summed E-state index contributed by atoms with van der Waals surface area (Å²) < 4.78 is 28.2. The highest BCUT2D eigenvalue weighted by Gasteiger charge is 2.37. The minimum Gasteiger partial charge on any atom is -0.489 e. The van der Waals surface area contributed by atoms with Gasteiger partial charge in [0.15, 0.2) is 0 Å². The lowest BCUT2D eigenvalue weighted by molar-refractivity contribution is 0.0452. The third-order valence-corrected chi connectivity index (χ3v) is 5.89. The monoisotopic (exact) mass is 538 g/mol. The Bertz CT molecular complexity index is 1170. The second-order valence-electron chi connectivity index (χ2n) is 9.42. The van der Waals surface area contributed by atoms with E-state index in [-0.39, 0.29) is 24.2 Å². The summed E-state index contributed by atoms with van der Waals surface area (Å²) in [6.45, 7) is 8.12. The fourth-order valence-electron chi connectivity index (χ4n) is 4.10.